The number of rotatable bonds is 7. The molecule has 0 radical (unpaired) electrons. The van der Waals surface area contributed by atoms with E-state index in [1.54, 1.807) is 19.2 Å². The van der Waals surface area contributed by atoms with Crippen LogP contribution in [0, 0.1) is 0 Å². The summed E-state index contributed by atoms with van der Waals surface area (Å²) in [7, 11) is 3.86. The number of methoxy groups -OCH3 is 1. The number of carbonyl (C=O) groups excluding carboxylic acids is 1. The molecule has 1 amide bonds. The van der Waals surface area contributed by atoms with Gasteiger partial charge >= 0.3 is 0 Å². The molecule has 3 rings (SSSR count). The molecule has 2 aromatic rings. The van der Waals surface area contributed by atoms with Crippen LogP contribution in [-0.4, -0.2) is 37.6 Å². The Morgan fingerprint density at radius 2 is 1.93 bits per heavy atom. The van der Waals surface area contributed by atoms with Crippen LogP contribution in [0.4, 0.5) is 5.69 Å². The van der Waals surface area contributed by atoms with Crippen LogP contribution in [0.2, 0.25) is 0 Å². The molecule has 1 saturated heterocycles. The lowest BCUT2D eigenvalue weighted by atomic mass is 9.96. The number of carbonyl (C=O) groups is 1. The number of amides is 1. The maximum Gasteiger partial charge on any atom is 0.255 e. The standard InChI is InChI=1S/C23H30N2O2/c1-25-17-6-5-10-20(25)11-7-9-18-8-3-4-12-22(18)24-23(26)19-13-15-21(27-2)16-14-19/h3-4,8,12-16,20H,5-7,9-11,17H2,1-2H3,(H,24,26). The first-order chi connectivity index (χ1) is 13.2. The molecule has 4 nitrogen and oxygen atoms in total. The van der Waals surface area contributed by atoms with Crippen LogP contribution in [0.25, 0.3) is 0 Å². The largest absolute Gasteiger partial charge is 0.497 e. The number of aryl methyl sites for hydroxylation is 1. The Hall–Kier alpha value is -2.33. The van der Waals surface area contributed by atoms with Gasteiger partial charge in [-0.25, -0.2) is 0 Å². The van der Waals surface area contributed by atoms with Crippen LogP contribution in [0.15, 0.2) is 48.5 Å². The van der Waals surface area contributed by atoms with Gasteiger partial charge in [0.05, 0.1) is 7.11 Å². The van der Waals surface area contributed by atoms with Gasteiger partial charge in [0.25, 0.3) is 5.91 Å². The Morgan fingerprint density at radius 1 is 1.15 bits per heavy atom. The lowest BCUT2D eigenvalue weighted by molar-refractivity contribution is 0.102. The minimum atomic E-state index is -0.0860. The minimum Gasteiger partial charge on any atom is -0.497 e. The molecule has 144 valence electrons. The first kappa shape index (κ1) is 19.4. The number of hydrogen-bond donors (Lipinski definition) is 1. The van der Waals surface area contributed by atoms with E-state index in [1.807, 2.05) is 30.3 Å². The van der Waals surface area contributed by atoms with Gasteiger partial charge in [0, 0.05) is 17.3 Å². The summed E-state index contributed by atoms with van der Waals surface area (Å²) in [5.41, 5.74) is 2.75. The van der Waals surface area contributed by atoms with Gasteiger partial charge in [-0.1, -0.05) is 24.6 Å². The maximum atomic E-state index is 12.6. The number of benzene rings is 2. The molecule has 1 fully saturated rings. The van der Waals surface area contributed by atoms with Crippen LogP contribution in [0.1, 0.15) is 48.0 Å². The van der Waals surface area contributed by atoms with E-state index in [0.717, 1.165) is 24.3 Å². The summed E-state index contributed by atoms with van der Waals surface area (Å²) in [5.74, 6) is 0.664. The first-order valence-corrected chi connectivity index (χ1v) is 9.91. The van der Waals surface area contributed by atoms with Gasteiger partial charge in [-0.2, -0.15) is 0 Å². The third-order valence-electron chi connectivity index (χ3n) is 5.52. The lowest BCUT2D eigenvalue weighted by Gasteiger charge is -2.32. The molecule has 2 aromatic carbocycles. The van der Waals surface area contributed by atoms with Crippen molar-refractivity contribution in [3.05, 3.63) is 59.7 Å². The molecule has 0 saturated carbocycles. The molecule has 0 spiro atoms. The monoisotopic (exact) mass is 366 g/mol. The Morgan fingerprint density at radius 3 is 2.67 bits per heavy atom. The van der Waals surface area contributed by atoms with Crippen LogP contribution in [0.3, 0.4) is 0 Å². The average Bonchev–Trinajstić information content (AvgIpc) is 2.70. The second-order valence-electron chi connectivity index (χ2n) is 7.36. The molecule has 0 aromatic heterocycles. The highest BCUT2D eigenvalue weighted by Crippen LogP contribution is 2.23. The number of ether oxygens (including phenoxy) is 1. The summed E-state index contributed by atoms with van der Waals surface area (Å²) in [6.07, 6.45) is 7.34. The Kier molecular flexibility index (Phi) is 6.88. The SMILES string of the molecule is COc1ccc(C(=O)Nc2ccccc2CCCC2CCCCN2C)cc1. The third-order valence-corrected chi connectivity index (χ3v) is 5.52. The Bertz CT molecular complexity index is 742. The van der Waals surface area contributed by atoms with Crippen molar-refractivity contribution in [2.45, 2.75) is 44.6 Å². The number of anilines is 1. The van der Waals surface area contributed by atoms with Crippen molar-refractivity contribution in [1.82, 2.24) is 4.90 Å². The Labute approximate surface area is 162 Å². The smallest absolute Gasteiger partial charge is 0.255 e. The van der Waals surface area contributed by atoms with Crippen LogP contribution in [0.5, 0.6) is 5.75 Å². The van der Waals surface area contributed by atoms with E-state index in [0.29, 0.717) is 11.6 Å². The fourth-order valence-electron chi connectivity index (χ4n) is 3.83. The Balaban J connectivity index is 1.58. The summed E-state index contributed by atoms with van der Waals surface area (Å²) in [4.78, 5) is 15.1. The van der Waals surface area contributed by atoms with E-state index in [2.05, 4.69) is 23.3 Å². The molecular weight excluding hydrogens is 336 g/mol. The summed E-state index contributed by atoms with van der Waals surface area (Å²) >= 11 is 0. The number of hydrogen-bond acceptors (Lipinski definition) is 3. The van der Waals surface area contributed by atoms with Crippen LogP contribution >= 0.6 is 0 Å². The van der Waals surface area contributed by atoms with Gasteiger partial charge in [0.2, 0.25) is 0 Å². The quantitative estimate of drug-likeness (QED) is 0.768. The summed E-state index contributed by atoms with van der Waals surface area (Å²) in [6.45, 7) is 1.22. The minimum absolute atomic E-state index is 0.0860. The third kappa shape index (κ3) is 5.33. The molecule has 1 unspecified atom stereocenters. The normalized spacial score (nSPS) is 17.5. The molecule has 1 atom stereocenters. The zero-order valence-corrected chi connectivity index (χ0v) is 16.4. The van der Waals surface area contributed by atoms with Gasteiger partial charge in [0.15, 0.2) is 0 Å². The molecule has 27 heavy (non-hydrogen) atoms. The molecule has 1 N–H and O–H groups in total. The zero-order chi connectivity index (χ0) is 19.1. The number of likely N-dealkylation sites (tertiary alicyclic amines) is 1. The highest BCUT2D eigenvalue weighted by atomic mass is 16.5. The van der Waals surface area contributed by atoms with E-state index in [1.165, 1.54) is 37.8 Å². The van der Waals surface area contributed by atoms with Gasteiger partial charge in [-0.15, -0.1) is 0 Å². The summed E-state index contributed by atoms with van der Waals surface area (Å²) < 4.78 is 5.15. The van der Waals surface area contributed by atoms with E-state index in [9.17, 15) is 4.79 Å². The fourth-order valence-corrected chi connectivity index (χ4v) is 3.83. The van der Waals surface area contributed by atoms with E-state index in [-0.39, 0.29) is 5.91 Å². The van der Waals surface area contributed by atoms with Crippen molar-refractivity contribution in [1.29, 1.82) is 0 Å². The number of nitrogens with zero attached hydrogens (tertiary/aromatic N) is 1. The first-order valence-electron chi connectivity index (χ1n) is 9.91. The van der Waals surface area contributed by atoms with Crippen LogP contribution in [-0.2, 0) is 6.42 Å². The van der Waals surface area contributed by atoms with E-state index in [4.69, 9.17) is 4.74 Å². The summed E-state index contributed by atoms with van der Waals surface area (Å²) in [5, 5.41) is 3.07. The van der Waals surface area contributed by atoms with Crippen molar-refractivity contribution in [2.24, 2.45) is 0 Å². The number of nitrogens with one attached hydrogen (secondary N) is 1. The molecular formula is C23H30N2O2. The predicted molar refractivity (Wildman–Crippen MR) is 111 cm³/mol. The second-order valence-corrected chi connectivity index (χ2v) is 7.36. The van der Waals surface area contributed by atoms with Gasteiger partial charge in [-0.05, 0) is 81.6 Å². The highest BCUT2D eigenvalue weighted by Gasteiger charge is 2.18. The number of para-hydroxylation sites is 1. The van der Waals surface area contributed by atoms with Crippen molar-refractivity contribution in [2.75, 3.05) is 26.0 Å². The molecule has 1 heterocycles. The lowest BCUT2D eigenvalue weighted by Crippen LogP contribution is -2.36. The molecule has 0 aliphatic carbocycles. The van der Waals surface area contributed by atoms with Crippen molar-refractivity contribution in [3.63, 3.8) is 0 Å². The van der Waals surface area contributed by atoms with Crippen molar-refractivity contribution >= 4 is 11.6 Å². The van der Waals surface area contributed by atoms with E-state index >= 15 is 0 Å². The zero-order valence-electron chi connectivity index (χ0n) is 16.4. The maximum absolute atomic E-state index is 12.6. The fraction of sp³-hybridized carbons (Fsp3) is 0.435. The van der Waals surface area contributed by atoms with E-state index < -0.39 is 0 Å². The molecule has 4 heteroatoms. The van der Waals surface area contributed by atoms with Crippen molar-refractivity contribution < 1.29 is 9.53 Å². The molecule has 1 aliphatic heterocycles. The molecule has 1 aliphatic rings. The number of piperidine rings is 1. The summed E-state index contributed by atoms with van der Waals surface area (Å²) in [6, 6.07) is 16.0. The van der Waals surface area contributed by atoms with Gasteiger partial charge in [-0.3, -0.25) is 4.79 Å². The topological polar surface area (TPSA) is 41.6 Å². The molecule has 0 bridgehead atoms. The van der Waals surface area contributed by atoms with Crippen molar-refractivity contribution in [3.8, 4) is 5.75 Å². The van der Waals surface area contributed by atoms with Gasteiger partial charge < -0.3 is 15.0 Å². The van der Waals surface area contributed by atoms with Crippen LogP contribution < -0.4 is 10.1 Å². The highest BCUT2D eigenvalue weighted by molar-refractivity contribution is 6.04. The second kappa shape index (κ2) is 9.56. The van der Waals surface area contributed by atoms with Gasteiger partial charge in [0.1, 0.15) is 5.75 Å². The predicted octanol–water partition coefficient (Wildman–Crippen LogP) is 4.75. The average molecular weight is 367 g/mol.